The molecule has 0 bridgehead atoms. The van der Waals surface area contributed by atoms with E-state index < -0.39 is 11.6 Å². The van der Waals surface area contributed by atoms with Crippen LogP contribution in [0.3, 0.4) is 0 Å². The number of benzene rings is 2. The standard InChI is InChI=1S/C21H27F2N7O2/c22-17-11-13(3-5-15(17)19(24)25)31-9-1-7-29-21(28)30-8-2-10-32-14-4-6-16(20(26)27)18(23)12-14/h3-6,11-12H,1-2,7-10H2,(H3,24,25)(H3,26,27)(H3,28,29,30). The van der Waals surface area contributed by atoms with Crippen LogP contribution in [0.25, 0.3) is 0 Å². The summed E-state index contributed by atoms with van der Waals surface area (Å²) in [6, 6.07) is 8.27. The first kappa shape index (κ1) is 24.4. The summed E-state index contributed by atoms with van der Waals surface area (Å²) >= 11 is 0. The largest absolute Gasteiger partial charge is 0.493 e. The van der Waals surface area contributed by atoms with E-state index >= 15 is 0 Å². The summed E-state index contributed by atoms with van der Waals surface area (Å²) in [6.45, 7) is 1.60. The second-order valence-electron chi connectivity index (χ2n) is 6.71. The lowest BCUT2D eigenvalue weighted by molar-refractivity contribution is 0.309. The minimum atomic E-state index is -0.608. The van der Waals surface area contributed by atoms with Gasteiger partial charge in [-0.1, -0.05) is 0 Å². The Kier molecular flexibility index (Phi) is 9.21. The highest BCUT2D eigenvalue weighted by Gasteiger charge is 2.07. The maximum atomic E-state index is 13.7. The Labute approximate surface area is 184 Å². The van der Waals surface area contributed by atoms with Crippen molar-refractivity contribution < 1.29 is 18.3 Å². The maximum Gasteiger partial charge on any atom is 0.188 e. The summed E-state index contributed by atoms with van der Waals surface area (Å²) in [4.78, 5) is 4.17. The lowest BCUT2D eigenvalue weighted by Crippen LogP contribution is -2.33. The number of nitrogens with zero attached hydrogens (tertiary/aromatic N) is 1. The van der Waals surface area contributed by atoms with E-state index in [9.17, 15) is 8.78 Å². The zero-order chi connectivity index (χ0) is 23.5. The summed E-state index contributed by atoms with van der Waals surface area (Å²) in [7, 11) is 0. The van der Waals surface area contributed by atoms with Gasteiger partial charge in [-0.05, 0) is 30.7 Å². The molecule has 0 radical (unpaired) electrons. The van der Waals surface area contributed by atoms with Crippen LogP contribution in [0.5, 0.6) is 11.5 Å². The van der Waals surface area contributed by atoms with Crippen LogP contribution in [0.2, 0.25) is 0 Å². The summed E-state index contributed by atoms with van der Waals surface area (Å²) in [6.07, 6.45) is 1.18. The van der Waals surface area contributed by atoms with Gasteiger partial charge in [-0.2, -0.15) is 0 Å². The molecule has 0 heterocycles. The normalized spacial score (nSPS) is 11.1. The van der Waals surface area contributed by atoms with Gasteiger partial charge in [0.2, 0.25) is 0 Å². The monoisotopic (exact) mass is 447 g/mol. The number of guanidine groups is 1. The van der Waals surface area contributed by atoms with Gasteiger partial charge in [-0.15, -0.1) is 0 Å². The van der Waals surface area contributed by atoms with Gasteiger partial charge in [0.05, 0.1) is 24.3 Å². The molecule has 172 valence electrons. The summed E-state index contributed by atoms with van der Waals surface area (Å²) < 4.78 is 38.4. The average Bonchev–Trinajstić information content (AvgIpc) is 2.72. The number of nitrogens with one attached hydrogen (secondary N) is 3. The van der Waals surface area contributed by atoms with Gasteiger partial charge >= 0.3 is 0 Å². The first-order valence-electron chi connectivity index (χ1n) is 9.85. The maximum absolute atomic E-state index is 13.7. The van der Waals surface area contributed by atoms with Gasteiger partial charge in [0, 0.05) is 31.6 Å². The van der Waals surface area contributed by atoms with Gasteiger partial charge in [0.25, 0.3) is 0 Å². The number of halogens is 2. The molecule has 0 saturated heterocycles. The van der Waals surface area contributed by atoms with E-state index in [0.29, 0.717) is 50.6 Å². The van der Waals surface area contributed by atoms with Crippen LogP contribution in [0.1, 0.15) is 24.0 Å². The van der Waals surface area contributed by atoms with E-state index in [4.69, 9.17) is 37.5 Å². The Bertz CT molecular complexity index is 983. The van der Waals surface area contributed by atoms with Crippen molar-refractivity contribution >= 4 is 17.6 Å². The molecule has 0 fully saturated rings. The number of amidine groups is 2. The number of nitrogen functional groups attached to an aromatic ring is 2. The van der Waals surface area contributed by atoms with E-state index in [1.54, 1.807) is 12.1 Å². The van der Waals surface area contributed by atoms with Gasteiger partial charge in [0.15, 0.2) is 5.96 Å². The third kappa shape index (κ3) is 7.74. The first-order chi connectivity index (χ1) is 15.3. The van der Waals surface area contributed by atoms with Crippen molar-refractivity contribution in [1.82, 2.24) is 5.32 Å². The van der Waals surface area contributed by atoms with E-state index in [1.165, 1.54) is 24.3 Å². The molecule has 2 rings (SSSR count). The number of hydrogen-bond donors (Lipinski definition) is 6. The fourth-order valence-corrected chi connectivity index (χ4v) is 2.60. The molecule has 0 spiro atoms. The number of ether oxygens (including phenoxy) is 2. The Balaban J connectivity index is 1.59. The minimum absolute atomic E-state index is 0.0317. The smallest absolute Gasteiger partial charge is 0.188 e. The van der Waals surface area contributed by atoms with Crippen LogP contribution in [0.4, 0.5) is 8.78 Å². The molecule has 0 aliphatic rings. The molecule has 0 aliphatic carbocycles. The lowest BCUT2D eigenvalue weighted by atomic mass is 10.2. The summed E-state index contributed by atoms with van der Waals surface area (Å²) in [5, 5.41) is 17.4. The Morgan fingerprint density at radius 1 is 0.844 bits per heavy atom. The van der Waals surface area contributed by atoms with E-state index in [2.05, 4.69) is 10.3 Å². The van der Waals surface area contributed by atoms with Crippen molar-refractivity contribution in [1.29, 1.82) is 10.8 Å². The number of rotatable bonds is 12. The molecular formula is C21H27F2N7O2. The highest BCUT2D eigenvalue weighted by molar-refractivity contribution is 5.95. The van der Waals surface area contributed by atoms with Crippen molar-refractivity contribution in [3.63, 3.8) is 0 Å². The zero-order valence-electron chi connectivity index (χ0n) is 17.5. The van der Waals surface area contributed by atoms with Crippen LogP contribution in [0.15, 0.2) is 41.4 Å². The van der Waals surface area contributed by atoms with Crippen LogP contribution in [0, 0.1) is 22.5 Å². The zero-order valence-corrected chi connectivity index (χ0v) is 17.5. The second kappa shape index (κ2) is 12.1. The van der Waals surface area contributed by atoms with Crippen molar-refractivity contribution in [3.05, 3.63) is 59.2 Å². The van der Waals surface area contributed by atoms with Crippen molar-refractivity contribution in [2.24, 2.45) is 22.2 Å². The van der Waals surface area contributed by atoms with Crippen molar-refractivity contribution in [2.45, 2.75) is 12.8 Å². The van der Waals surface area contributed by atoms with Crippen LogP contribution in [-0.4, -0.2) is 43.9 Å². The summed E-state index contributed by atoms with van der Waals surface area (Å²) in [5.74, 6) is -0.913. The molecule has 0 atom stereocenters. The van der Waals surface area contributed by atoms with Gasteiger partial charge < -0.3 is 32.0 Å². The minimum Gasteiger partial charge on any atom is -0.493 e. The van der Waals surface area contributed by atoms with Crippen molar-refractivity contribution in [2.75, 3.05) is 26.3 Å². The molecule has 0 amide bonds. The van der Waals surface area contributed by atoms with Gasteiger partial charge in [-0.25, -0.2) is 8.78 Å². The molecule has 0 aromatic heterocycles. The predicted octanol–water partition coefficient (Wildman–Crippen LogP) is 1.68. The Morgan fingerprint density at radius 3 is 1.81 bits per heavy atom. The molecule has 11 heteroatoms. The topological polar surface area (TPSA) is 169 Å². The number of aliphatic imine (C=N–C) groups is 1. The molecule has 0 aliphatic heterocycles. The Morgan fingerprint density at radius 2 is 1.34 bits per heavy atom. The molecule has 2 aromatic rings. The van der Waals surface area contributed by atoms with Gasteiger partial charge in [0.1, 0.15) is 34.8 Å². The Hall–Kier alpha value is -3.89. The van der Waals surface area contributed by atoms with E-state index in [0.717, 1.165) is 0 Å². The third-order valence-corrected chi connectivity index (χ3v) is 4.21. The van der Waals surface area contributed by atoms with Crippen LogP contribution in [-0.2, 0) is 0 Å². The molecule has 32 heavy (non-hydrogen) atoms. The molecular weight excluding hydrogens is 420 g/mol. The van der Waals surface area contributed by atoms with Gasteiger partial charge in [-0.3, -0.25) is 15.8 Å². The predicted molar refractivity (Wildman–Crippen MR) is 120 cm³/mol. The fraction of sp³-hybridized carbons (Fsp3) is 0.286. The number of nitrogens with two attached hydrogens (primary N) is 3. The summed E-state index contributed by atoms with van der Waals surface area (Å²) in [5.41, 5.74) is 16.4. The van der Waals surface area contributed by atoms with Crippen LogP contribution >= 0.6 is 0 Å². The fourth-order valence-electron chi connectivity index (χ4n) is 2.60. The third-order valence-electron chi connectivity index (χ3n) is 4.21. The SMILES string of the molecule is N=C(N)c1ccc(OCCCN=C(N)NCCCOc2ccc(C(=N)N)c(F)c2)cc1F. The van der Waals surface area contributed by atoms with Crippen LogP contribution < -0.4 is 32.0 Å². The molecule has 9 N–H and O–H groups in total. The first-order valence-corrected chi connectivity index (χ1v) is 9.85. The highest BCUT2D eigenvalue weighted by atomic mass is 19.1. The second-order valence-corrected chi connectivity index (χ2v) is 6.71. The average molecular weight is 447 g/mol. The molecule has 2 aromatic carbocycles. The lowest BCUT2D eigenvalue weighted by Gasteiger charge is -2.09. The molecule has 0 unspecified atom stereocenters. The molecule has 9 nitrogen and oxygen atoms in total. The van der Waals surface area contributed by atoms with E-state index in [-0.39, 0.29) is 28.8 Å². The quantitative estimate of drug-likeness (QED) is 0.164. The number of hydrogen-bond acceptors (Lipinski definition) is 5. The highest BCUT2D eigenvalue weighted by Crippen LogP contribution is 2.17. The van der Waals surface area contributed by atoms with Crippen molar-refractivity contribution in [3.8, 4) is 11.5 Å². The van der Waals surface area contributed by atoms with E-state index in [1.807, 2.05) is 0 Å². The molecule has 0 saturated carbocycles.